The molecule has 0 saturated heterocycles. The number of rotatable bonds is 3. The Morgan fingerprint density at radius 1 is 0.966 bits per heavy atom. The van der Waals surface area contributed by atoms with Crippen molar-refractivity contribution in [3.63, 3.8) is 0 Å². The summed E-state index contributed by atoms with van der Waals surface area (Å²) in [5.41, 5.74) is 4.08. The highest BCUT2D eigenvalue weighted by Gasteiger charge is 2.31. The molecule has 0 bridgehead atoms. The van der Waals surface area contributed by atoms with Crippen LogP contribution in [0.25, 0.3) is 11.4 Å². The highest BCUT2D eigenvalue weighted by Crippen LogP contribution is 2.28. The van der Waals surface area contributed by atoms with Crippen molar-refractivity contribution in [1.29, 1.82) is 0 Å². The predicted molar refractivity (Wildman–Crippen MR) is 110 cm³/mol. The topological polar surface area (TPSA) is 83.1 Å². The minimum absolute atomic E-state index is 0.110. The largest absolute Gasteiger partial charge is 0.306 e. The molecule has 1 N–H and O–H groups in total. The van der Waals surface area contributed by atoms with Crippen LogP contribution in [0.1, 0.15) is 28.8 Å². The number of H-pyrrole nitrogens is 1. The van der Waals surface area contributed by atoms with E-state index in [1.165, 1.54) is 9.87 Å². The van der Waals surface area contributed by atoms with Crippen molar-refractivity contribution in [1.82, 2.24) is 14.3 Å². The van der Waals surface area contributed by atoms with Crippen LogP contribution < -0.4 is 5.56 Å². The number of nitrogens with one attached hydrogen (secondary N) is 1. The Morgan fingerprint density at radius 3 is 2.59 bits per heavy atom. The summed E-state index contributed by atoms with van der Waals surface area (Å²) in [6, 6.07) is 14.8. The molecule has 6 nitrogen and oxygen atoms in total. The van der Waals surface area contributed by atoms with Gasteiger partial charge in [-0.15, -0.1) is 0 Å². The Labute approximate surface area is 169 Å². The van der Waals surface area contributed by atoms with Gasteiger partial charge in [-0.05, 0) is 48.9 Å². The molecule has 0 amide bonds. The Morgan fingerprint density at radius 2 is 1.76 bits per heavy atom. The first-order valence-electron chi connectivity index (χ1n) is 9.82. The molecular weight excluding hydrogens is 386 g/mol. The van der Waals surface area contributed by atoms with Gasteiger partial charge in [0.25, 0.3) is 5.56 Å². The first-order chi connectivity index (χ1) is 14.0. The van der Waals surface area contributed by atoms with Crippen molar-refractivity contribution >= 4 is 10.0 Å². The van der Waals surface area contributed by atoms with Gasteiger partial charge >= 0.3 is 0 Å². The lowest BCUT2D eigenvalue weighted by Gasteiger charge is -2.27. The number of hydrogen-bond donors (Lipinski definition) is 1. The number of nitrogens with zero attached hydrogens (tertiary/aromatic N) is 2. The summed E-state index contributed by atoms with van der Waals surface area (Å²) in [5.74, 6) is 0.464. The molecule has 2 aromatic carbocycles. The van der Waals surface area contributed by atoms with E-state index in [1.54, 1.807) is 6.07 Å². The number of aryl methyl sites for hydroxylation is 2. The third kappa shape index (κ3) is 3.20. The zero-order chi connectivity index (χ0) is 20.0. The SMILES string of the molecule is O=c1[nH]c(-c2ccccc2)nc2c1CCN(S(=O)(=O)c1ccc3c(c1)CCC3)C2. The normalized spacial score (nSPS) is 16.4. The van der Waals surface area contributed by atoms with E-state index in [2.05, 4.69) is 9.97 Å². The lowest BCUT2D eigenvalue weighted by molar-refractivity contribution is 0.383. The number of sulfonamides is 1. The maximum Gasteiger partial charge on any atom is 0.254 e. The lowest BCUT2D eigenvalue weighted by Crippen LogP contribution is -2.39. The molecule has 1 aromatic heterocycles. The van der Waals surface area contributed by atoms with E-state index >= 15 is 0 Å². The number of fused-ring (bicyclic) bond motifs is 2. The van der Waals surface area contributed by atoms with E-state index in [4.69, 9.17) is 0 Å². The van der Waals surface area contributed by atoms with Gasteiger partial charge in [-0.3, -0.25) is 4.79 Å². The predicted octanol–water partition coefficient (Wildman–Crippen LogP) is 2.67. The molecule has 148 valence electrons. The highest BCUT2D eigenvalue weighted by molar-refractivity contribution is 7.89. The molecule has 0 radical (unpaired) electrons. The molecule has 5 rings (SSSR count). The standard InChI is InChI=1S/C22H21N3O3S/c26-22-19-11-12-25(14-20(19)23-21(24-22)16-5-2-1-3-6-16)29(27,28)18-10-9-15-7-4-8-17(15)13-18/h1-3,5-6,9-10,13H,4,7-8,11-12,14H2,(H,23,24,26). The first-order valence-corrected chi connectivity index (χ1v) is 11.3. The smallest absolute Gasteiger partial charge is 0.254 e. The Kier molecular flexibility index (Phi) is 4.37. The first kappa shape index (κ1) is 18.3. The molecule has 29 heavy (non-hydrogen) atoms. The summed E-state index contributed by atoms with van der Waals surface area (Å²) in [7, 11) is -3.64. The summed E-state index contributed by atoms with van der Waals surface area (Å²) in [5, 5.41) is 0. The number of hydrogen-bond acceptors (Lipinski definition) is 4. The second kappa shape index (κ2) is 6.93. The molecule has 1 aliphatic heterocycles. The van der Waals surface area contributed by atoms with Gasteiger partial charge in [0.05, 0.1) is 17.1 Å². The molecule has 0 saturated carbocycles. The fraction of sp³-hybridized carbons (Fsp3) is 0.273. The van der Waals surface area contributed by atoms with Gasteiger partial charge in [0, 0.05) is 17.7 Å². The second-order valence-corrected chi connectivity index (χ2v) is 9.52. The van der Waals surface area contributed by atoms with E-state index in [1.807, 2.05) is 42.5 Å². The molecule has 0 fully saturated rings. The summed E-state index contributed by atoms with van der Waals surface area (Å²) >= 11 is 0. The van der Waals surface area contributed by atoms with Crippen molar-refractivity contribution in [2.45, 2.75) is 37.1 Å². The molecule has 1 aliphatic carbocycles. The minimum Gasteiger partial charge on any atom is -0.306 e. The van der Waals surface area contributed by atoms with Gasteiger partial charge in [-0.2, -0.15) is 4.31 Å². The quantitative estimate of drug-likeness (QED) is 0.724. The fourth-order valence-corrected chi connectivity index (χ4v) is 5.66. The average Bonchev–Trinajstić information content (AvgIpc) is 3.22. The van der Waals surface area contributed by atoms with Crippen molar-refractivity contribution in [3.05, 3.63) is 81.3 Å². The van der Waals surface area contributed by atoms with Crippen LogP contribution in [0.2, 0.25) is 0 Å². The monoisotopic (exact) mass is 407 g/mol. The van der Waals surface area contributed by atoms with Crippen LogP contribution in [0.3, 0.4) is 0 Å². The Balaban J connectivity index is 1.50. The zero-order valence-electron chi connectivity index (χ0n) is 15.9. The maximum atomic E-state index is 13.2. The van der Waals surface area contributed by atoms with Crippen molar-refractivity contribution in [2.75, 3.05) is 6.54 Å². The summed E-state index contributed by atoms with van der Waals surface area (Å²) in [4.78, 5) is 20.3. The van der Waals surface area contributed by atoms with Gasteiger partial charge in [-0.25, -0.2) is 13.4 Å². The second-order valence-electron chi connectivity index (χ2n) is 7.58. The van der Waals surface area contributed by atoms with E-state index in [9.17, 15) is 13.2 Å². The molecule has 7 heteroatoms. The molecule has 0 atom stereocenters. The van der Waals surface area contributed by atoms with E-state index in [-0.39, 0.29) is 18.6 Å². The molecule has 0 spiro atoms. The average molecular weight is 407 g/mol. The molecule has 2 heterocycles. The van der Waals surface area contributed by atoms with Gasteiger partial charge < -0.3 is 4.98 Å². The van der Waals surface area contributed by atoms with E-state index in [0.717, 1.165) is 30.4 Å². The van der Waals surface area contributed by atoms with Gasteiger partial charge in [-0.1, -0.05) is 36.4 Å². The molecular formula is C22H21N3O3S. The summed E-state index contributed by atoms with van der Waals surface area (Å²) in [6.45, 7) is 0.389. The minimum atomic E-state index is -3.64. The zero-order valence-corrected chi connectivity index (χ0v) is 16.7. The van der Waals surface area contributed by atoms with Crippen LogP contribution in [-0.4, -0.2) is 29.2 Å². The fourth-order valence-electron chi connectivity index (χ4n) is 4.21. The van der Waals surface area contributed by atoms with E-state index < -0.39 is 10.0 Å². The van der Waals surface area contributed by atoms with Gasteiger partial charge in [0.15, 0.2) is 0 Å². The van der Waals surface area contributed by atoms with Gasteiger partial charge in [0.2, 0.25) is 10.0 Å². The lowest BCUT2D eigenvalue weighted by atomic mass is 10.1. The van der Waals surface area contributed by atoms with Crippen LogP contribution in [-0.2, 0) is 35.8 Å². The van der Waals surface area contributed by atoms with Crippen molar-refractivity contribution in [2.24, 2.45) is 0 Å². The van der Waals surface area contributed by atoms with Gasteiger partial charge in [0.1, 0.15) is 5.82 Å². The molecule has 0 unspecified atom stereocenters. The number of aromatic amines is 1. The molecule has 3 aromatic rings. The van der Waals surface area contributed by atoms with Crippen LogP contribution in [0, 0.1) is 0 Å². The third-order valence-electron chi connectivity index (χ3n) is 5.79. The van der Waals surface area contributed by atoms with Crippen molar-refractivity contribution < 1.29 is 8.42 Å². The summed E-state index contributed by atoms with van der Waals surface area (Å²) in [6.07, 6.45) is 3.38. The van der Waals surface area contributed by atoms with Crippen molar-refractivity contribution in [3.8, 4) is 11.4 Å². The maximum absolute atomic E-state index is 13.2. The summed E-state index contributed by atoms with van der Waals surface area (Å²) < 4.78 is 27.9. The van der Waals surface area contributed by atoms with Crippen LogP contribution in [0.5, 0.6) is 0 Å². The molecule has 2 aliphatic rings. The highest BCUT2D eigenvalue weighted by atomic mass is 32.2. The van der Waals surface area contributed by atoms with E-state index in [0.29, 0.717) is 28.4 Å². The van der Waals surface area contributed by atoms with Crippen LogP contribution in [0.4, 0.5) is 0 Å². The number of aromatic nitrogens is 2. The number of benzene rings is 2. The Hall–Kier alpha value is -2.77. The van der Waals surface area contributed by atoms with Crippen LogP contribution >= 0.6 is 0 Å². The van der Waals surface area contributed by atoms with Crippen LogP contribution in [0.15, 0.2) is 58.2 Å². The Bertz CT molecular complexity index is 1250. The third-order valence-corrected chi connectivity index (χ3v) is 7.63.